The maximum atomic E-state index is 13.8. The van der Waals surface area contributed by atoms with Crippen molar-refractivity contribution >= 4 is 57.4 Å². The highest BCUT2D eigenvalue weighted by Gasteiger charge is 2.56. The molecule has 0 radical (unpaired) electrons. The molecule has 1 unspecified atom stereocenters. The Balaban J connectivity index is 1.80. The van der Waals surface area contributed by atoms with Crippen LogP contribution in [0.4, 0.5) is 5.69 Å². The van der Waals surface area contributed by atoms with Crippen molar-refractivity contribution in [3.05, 3.63) is 60.6 Å². The molecule has 160 valence electrons. The first-order chi connectivity index (χ1) is 14.2. The predicted octanol–water partition coefficient (Wildman–Crippen LogP) is 5.36. The molecule has 0 saturated heterocycles. The van der Waals surface area contributed by atoms with Crippen LogP contribution in [0.1, 0.15) is 43.4 Å². The zero-order valence-corrected chi connectivity index (χ0v) is 20.9. The van der Waals surface area contributed by atoms with Crippen molar-refractivity contribution in [3.63, 3.8) is 0 Å². The van der Waals surface area contributed by atoms with Crippen molar-refractivity contribution in [1.29, 1.82) is 0 Å². The SMILES string of the molecule is CCN(CC)C1CC(N2C(=O)C(O)(c3ccc(Cl)cc3Cl)c3c(C)cc(I)cc32)C1. The summed E-state index contributed by atoms with van der Waals surface area (Å²) in [6.07, 6.45) is 1.81. The van der Waals surface area contributed by atoms with Gasteiger partial charge in [-0.25, -0.2) is 0 Å². The fourth-order valence-electron chi connectivity index (χ4n) is 4.98. The van der Waals surface area contributed by atoms with Gasteiger partial charge in [0.1, 0.15) is 0 Å². The van der Waals surface area contributed by atoms with Crippen LogP contribution in [0.25, 0.3) is 0 Å². The summed E-state index contributed by atoms with van der Waals surface area (Å²) in [6.45, 7) is 8.27. The Labute approximate surface area is 201 Å². The minimum atomic E-state index is -1.81. The number of amides is 1. The number of nitrogens with zero attached hydrogens (tertiary/aromatic N) is 2. The Bertz CT molecular complexity index is 1000. The van der Waals surface area contributed by atoms with E-state index in [1.165, 1.54) is 0 Å². The Morgan fingerprint density at radius 2 is 1.87 bits per heavy atom. The fraction of sp³-hybridized carbons (Fsp3) is 0.435. The van der Waals surface area contributed by atoms with Crippen LogP contribution in [0, 0.1) is 10.5 Å². The van der Waals surface area contributed by atoms with E-state index in [9.17, 15) is 9.90 Å². The number of hydrogen-bond acceptors (Lipinski definition) is 3. The minimum absolute atomic E-state index is 0.0690. The number of aryl methyl sites for hydroxylation is 1. The molecule has 0 bridgehead atoms. The maximum absolute atomic E-state index is 13.8. The zero-order chi connectivity index (χ0) is 21.8. The first-order valence-corrected chi connectivity index (χ1v) is 12.1. The van der Waals surface area contributed by atoms with Gasteiger partial charge in [-0.1, -0.05) is 43.1 Å². The Hall–Kier alpha value is -0.860. The molecule has 4 rings (SSSR count). The van der Waals surface area contributed by atoms with Crippen LogP contribution in [0.15, 0.2) is 30.3 Å². The van der Waals surface area contributed by atoms with Gasteiger partial charge in [0.15, 0.2) is 5.60 Å². The van der Waals surface area contributed by atoms with Crippen molar-refractivity contribution in [3.8, 4) is 0 Å². The highest BCUT2D eigenvalue weighted by molar-refractivity contribution is 14.1. The van der Waals surface area contributed by atoms with Gasteiger partial charge in [-0.3, -0.25) is 4.79 Å². The quantitative estimate of drug-likeness (QED) is 0.502. The molecule has 2 aromatic carbocycles. The second-order valence-corrected chi connectivity index (χ2v) is 10.2. The molecule has 0 aromatic heterocycles. The monoisotopic (exact) mass is 558 g/mol. The molecule has 1 N–H and O–H groups in total. The van der Waals surface area contributed by atoms with E-state index in [0.717, 1.165) is 40.8 Å². The Morgan fingerprint density at radius 1 is 1.20 bits per heavy atom. The summed E-state index contributed by atoms with van der Waals surface area (Å²) < 4.78 is 1.03. The fourth-order valence-corrected chi connectivity index (χ4v) is 6.29. The topological polar surface area (TPSA) is 43.8 Å². The lowest BCUT2D eigenvalue weighted by atomic mass is 9.83. The molecule has 4 nitrogen and oxygen atoms in total. The third kappa shape index (κ3) is 3.37. The third-order valence-corrected chi connectivity index (χ3v) is 7.70. The molecule has 1 heterocycles. The van der Waals surface area contributed by atoms with Gasteiger partial charge in [0, 0.05) is 36.8 Å². The van der Waals surface area contributed by atoms with Gasteiger partial charge < -0.3 is 14.9 Å². The second kappa shape index (κ2) is 8.24. The standard InChI is InChI=1S/C23H25Cl2IN2O2/c1-4-27(5-2)16-11-17(12-16)28-20-10-15(26)8-13(3)21(20)23(30,22(28)29)18-7-6-14(24)9-19(18)25/h6-10,16-17,30H,4-5,11-12H2,1-3H3. The van der Waals surface area contributed by atoms with E-state index < -0.39 is 5.60 Å². The van der Waals surface area contributed by atoms with Crippen molar-refractivity contribution in [2.75, 3.05) is 18.0 Å². The summed E-state index contributed by atoms with van der Waals surface area (Å²) in [5, 5.41) is 12.7. The minimum Gasteiger partial charge on any atom is -0.372 e. The lowest BCUT2D eigenvalue weighted by molar-refractivity contribution is -0.133. The summed E-state index contributed by atoms with van der Waals surface area (Å²) >= 11 is 14.8. The highest BCUT2D eigenvalue weighted by atomic mass is 127. The summed E-state index contributed by atoms with van der Waals surface area (Å²) in [7, 11) is 0. The molecular weight excluding hydrogens is 534 g/mol. The van der Waals surface area contributed by atoms with Gasteiger partial charge in [0.05, 0.1) is 5.69 Å². The molecule has 1 fully saturated rings. The molecule has 1 aliphatic heterocycles. The number of carbonyl (C=O) groups excluding carboxylic acids is 1. The largest absolute Gasteiger partial charge is 0.372 e. The first kappa shape index (κ1) is 22.3. The number of anilines is 1. The van der Waals surface area contributed by atoms with Gasteiger partial charge in [0.25, 0.3) is 5.91 Å². The van der Waals surface area contributed by atoms with E-state index in [1.54, 1.807) is 18.2 Å². The number of halogens is 3. The van der Waals surface area contributed by atoms with Crippen LogP contribution < -0.4 is 4.90 Å². The average Bonchev–Trinajstić information content (AvgIpc) is 2.86. The smallest absolute Gasteiger partial charge is 0.268 e. The lowest BCUT2D eigenvalue weighted by Gasteiger charge is -2.46. The molecule has 0 spiro atoms. The van der Waals surface area contributed by atoms with Gasteiger partial charge in [-0.05, 0) is 85.3 Å². The zero-order valence-electron chi connectivity index (χ0n) is 17.3. The van der Waals surface area contributed by atoms with Gasteiger partial charge in [-0.15, -0.1) is 0 Å². The highest BCUT2D eigenvalue weighted by Crippen LogP contribution is 2.51. The second-order valence-electron chi connectivity index (χ2n) is 8.13. The van der Waals surface area contributed by atoms with Crippen molar-refractivity contribution in [1.82, 2.24) is 4.90 Å². The number of benzene rings is 2. The lowest BCUT2D eigenvalue weighted by Crippen LogP contribution is -2.56. The molecule has 2 aromatic rings. The normalized spacial score (nSPS) is 25.6. The summed E-state index contributed by atoms with van der Waals surface area (Å²) in [5.41, 5.74) is 0.864. The molecule has 30 heavy (non-hydrogen) atoms. The molecule has 1 aliphatic carbocycles. The molecule has 1 amide bonds. The summed E-state index contributed by atoms with van der Waals surface area (Å²) in [6, 6.07) is 9.42. The number of hydrogen-bond donors (Lipinski definition) is 1. The first-order valence-electron chi connectivity index (χ1n) is 10.3. The molecule has 2 aliphatic rings. The van der Waals surface area contributed by atoms with Crippen LogP contribution in [0.3, 0.4) is 0 Å². The van der Waals surface area contributed by atoms with E-state index in [2.05, 4.69) is 41.3 Å². The van der Waals surface area contributed by atoms with E-state index in [1.807, 2.05) is 24.0 Å². The number of aliphatic hydroxyl groups is 1. The Morgan fingerprint density at radius 3 is 2.47 bits per heavy atom. The number of rotatable bonds is 5. The van der Waals surface area contributed by atoms with Crippen LogP contribution >= 0.6 is 45.8 Å². The number of carbonyl (C=O) groups is 1. The van der Waals surface area contributed by atoms with Crippen LogP contribution in [-0.2, 0) is 10.4 Å². The Kier molecular flexibility index (Phi) is 6.14. The molecular formula is C23H25Cl2IN2O2. The van der Waals surface area contributed by atoms with E-state index in [4.69, 9.17) is 23.2 Å². The predicted molar refractivity (Wildman–Crippen MR) is 131 cm³/mol. The van der Waals surface area contributed by atoms with E-state index in [0.29, 0.717) is 27.2 Å². The van der Waals surface area contributed by atoms with Crippen LogP contribution in [0.2, 0.25) is 10.0 Å². The van der Waals surface area contributed by atoms with Gasteiger partial charge in [-0.2, -0.15) is 0 Å². The molecule has 1 saturated carbocycles. The van der Waals surface area contributed by atoms with Gasteiger partial charge >= 0.3 is 0 Å². The van der Waals surface area contributed by atoms with Crippen molar-refractivity contribution < 1.29 is 9.90 Å². The molecule has 7 heteroatoms. The van der Waals surface area contributed by atoms with E-state index >= 15 is 0 Å². The summed E-state index contributed by atoms with van der Waals surface area (Å²) in [5.74, 6) is -0.324. The average molecular weight is 559 g/mol. The van der Waals surface area contributed by atoms with E-state index in [-0.39, 0.29) is 11.9 Å². The van der Waals surface area contributed by atoms with Crippen molar-refractivity contribution in [2.45, 2.75) is 51.3 Å². The number of fused-ring (bicyclic) bond motifs is 1. The van der Waals surface area contributed by atoms with Crippen LogP contribution in [0.5, 0.6) is 0 Å². The third-order valence-electron chi connectivity index (χ3n) is 6.53. The van der Waals surface area contributed by atoms with Gasteiger partial charge in [0.2, 0.25) is 0 Å². The maximum Gasteiger partial charge on any atom is 0.268 e. The van der Waals surface area contributed by atoms with Crippen molar-refractivity contribution in [2.24, 2.45) is 0 Å². The molecule has 1 atom stereocenters. The summed E-state index contributed by atoms with van der Waals surface area (Å²) in [4.78, 5) is 18.0. The van der Waals surface area contributed by atoms with Crippen LogP contribution in [-0.4, -0.2) is 41.1 Å².